The lowest BCUT2D eigenvalue weighted by Crippen LogP contribution is -2.39. The van der Waals surface area contributed by atoms with Gasteiger partial charge < -0.3 is 30.1 Å². The molecule has 0 aliphatic carbocycles. The number of anilines is 1. The molecule has 0 fully saturated rings. The first-order valence-electron chi connectivity index (χ1n) is 9.99. The topological polar surface area (TPSA) is 136 Å². The highest BCUT2D eigenvalue weighted by Crippen LogP contribution is 2.45. The molecule has 32 heavy (non-hydrogen) atoms. The van der Waals surface area contributed by atoms with Gasteiger partial charge in [0.15, 0.2) is 16.0 Å². The molecule has 1 unspecified atom stereocenters. The Hall–Kier alpha value is -3.76. The number of ketones is 1. The van der Waals surface area contributed by atoms with Gasteiger partial charge in [0, 0.05) is 29.6 Å². The van der Waals surface area contributed by atoms with Crippen LogP contribution in [0, 0.1) is 0 Å². The molecule has 3 aromatic heterocycles. The van der Waals surface area contributed by atoms with Gasteiger partial charge in [0.2, 0.25) is 0 Å². The van der Waals surface area contributed by atoms with Crippen molar-refractivity contribution in [2.24, 2.45) is 0 Å². The lowest BCUT2D eigenvalue weighted by Gasteiger charge is -2.31. The number of aromatic nitrogens is 3. The Morgan fingerprint density at radius 3 is 2.91 bits per heavy atom. The highest BCUT2D eigenvalue weighted by Gasteiger charge is 2.39. The van der Waals surface area contributed by atoms with E-state index in [-0.39, 0.29) is 18.0 Å². The van der Waals surface area contributed by atoms with Crippen molar-refractivity contribution in [3.05, 3.63) is 70.9 Å². The van der Waals surface area contributed by atoms with E-state index >= 15 is 0 Å². The van der Waals surface area contributed by atoms with Crippen LogP contribution in [0.2, 0.25) is 0 Å². The van der Waals surface area contributed by atoms with Crippen LogP contribution in [0.25, 0.3) is 11.0 Å². The van der Waals surface area contributed by atoms with Crippen molar-refractivity contribution >= 4 is 40.2 Å². The number of aromatic carboxylic acids is 1. The van der Waals surface area contributed by atoms with Crippen LogP contribution < -0.4 is 10.6 Å². The van der Waals surface area contributed by atoms with E-state index in [1.54, 1.807) is 6.20 Å². The van der Waals surface area contributed by atoms with Crippen LogP contribution in [0.1, 0.15) is 27.7 Å². The normalized spacial score (nSPS) is 17.9. The van der Waals surface area contributed by atoms with E-state index in [2.05, 4.69) is 25.6 Å². The van der Waals surface area contributed by atoms with Gasteiger partial charge in [0.05, 0.1) is 29.2 Å². The van der Waals surface area contributed by atoms with Crippen molar-refractivity contribution in [2.45, 2.75) is 16.2 Å². The van der Waals surface area contributed by atoms with Crippen molar-refractivity contribution in [1.82, 2.24) is 20.3 Å². The molecule has 0 bridgehead atoms. The predicted molar refractivity (Wildman–Crippen MR) is 117 cm³/mol. The molecule has 0 saturated heterocycles. The Kier molecular flexibility index (Phi) is 4.23. The number of carboxylic acids is 1. The van der Waals surface area contributed by atoms with Gasteiger partial charge in [-0.15, -0.1) is 0 Å². The number of imidazole rings is 1. The zero-order valence-corrected chi connectivity index (χ0v) is 17.4. The second-order valence-corrected chi connectivity index (χ2v) is 8.59. The molecule has 0 spiro atoms. The van der Waals surface area contributed by atoms with Gasteiger partial charge in [-0.25, -0.2) is 9.78 Å². The number of furan rings is 1. The summed E-state index contributed by atoms with van der Waals surface area (Å²) in [5, 5.41) is 17.1. The van der Waals surface area contributed by atoms with Crippen LogP contribution in [0.4, 0.5) is 5.69 Å². The molecule has 1 atom stereocenters. The molecular formula is C22H17N5O4S. The number of carbonyl (C=O) groups excluding carboxylic acids is 1. The van der Waals surface area contributed by atoms with Crippen molar-refractivity contribution < 1.29 is 19.1 Å². The number of rotatable bonds is 4. The van der Waals surface area contributed by atoms with Gasteiger partial charge in [-0.2, -0.15) is 0 Å². The minimum absolute atomic E-state index is 0.0460. The van der Waals surface area contributed by atoms with Gasteiger partial charge in [0.1, 0.15) is 11.5 Å². The Labute approximate surface area is 185 Å². The van der Waals surface area contributed by atoms with Crippen molar-refractivity contribution in [2.75, 3.05) is 18.4 Å². The second-order valence-electron chi connectivity index (χ2n) is 7.59. The van der Waals surface area contributed by atoms with Crippen LogP contribution in [0.5, 0.6) is 0 Å². The molecule has 9 nitrogen and oxygen atoms in total. The molecular weight excluding hydrogens is 430 g/mol. The first-order valence-corrected chi connectivity index (χ1v) is 10.8. The van der Waals surface area contributed by atoms with Crippen LogP contribution in [-0.4, -0.2) is 44.9 Å². The largest absolute Gasteiger partial charge is 0.477 e. The monoisotopic (exact) mass is 447 g/mol. The SMILES string of the molecule is O=C1CNCC2=C1C(c1ccc(Sc3nc4ccccc4[nH]3)o1)c1c[nH]c(C(=O)O)c1N2. The van der Waals surface area contributed by atoms with Gasteiger partial charge in [-0.05, 0) is 36.0 Å². The summed E-state index contributed by atoms with van der Waals surface area (Å²) in [6.07, 6.45) is 1.63. The summed E-state index contributed by atoms with van der Waals surface area (Å²) in [4.78, 5) is 35.1. The summed E-state index contributed by atoms with van der Waals surface area (Å²) >= 11 is 1.36. The molecule has 5 N–H and O–H groups in total. The number of hydrogen-bond donors (Lipinski definition) is 5. The average molecular weight is 447 g/mol. The summed E-state index contributed by atoms with van der Waals surface area (Å²) in [6, 6.07) is 11.4. The van der Waals surface area contributed by atoms with Crippen LogP contribution in [0.3, 0.4) is 0 Å². The van der Waals surface area contributed by atoms with Crippen molar-refractivity contribution in [3.8, 4) is 0 Å². The molecule has 5 heterocycles. The quantitative estimate of drug-likeness (QED) is 0.321. The minimum atomic E-state index is -1.07. The highest BCUT2D eigenvalue weighted by molar-refractivity contribution is 7.99. The number of carbonyl (C=O) groups is 2. The number of Topliss-reactive ketones (excluding diaryl/α,β-unsaturated/α-hetero) is 1. The van der Waals surface area contributed by atoms with Gasteiger partial charge in [-0.1, -0.05) is 12.1 Å². The van der Waals surface area contributed by atoms with E-state index in [4.69, 9.17) is 4.42 Å². The van der Waals surface area contributed by atoms with Crippen LogP contribution >= 0.6 is 11.8 Å². The molecule has 0 amide bonds. The lowest BCUT2D eigenvalue weighted by atomic mass is 9.82. The number of carboxylic acid groups (broad SMARTS) is 1. The number of para-hydroxylation sites is 2. The third kappa shape index (κ3) is 2.95. The average Bonchev–Trinajstić information content (AvgIpc) is 3.50. The number of H-pyrrole nitrogens is 2. The van der Waals surface area contributed by atoms with Gasteiger partial charge >= 0.3 is 5.97 Å². The Morgan fingerprint density at radius 1 is 1.19 bits per heavy atom. The standard InChI is InChI=1S/C22H17N5O4S/c28-14-9-23-8-13-18(14)17(10-7-24-20(21(29)30)19(10)25-13)15-5-6-16(31-15)32-22-26-11-3-1-2-4-12(11)27-22/h1-7,17,23-25H,8-9H2,(H,26,27)(H,29,30). The fraction of sp³-hybridized carbons (Fsp3) is 0.136. The number of aromatic amines is 2. The Morgan fingerprint density at radius 2 is 2.06 bits per heavy atom. The van der Waals surface area contributed by atoms with E-state index < -0.39 is 11.9 Å². The number of hydrogen-bond acceptors (Lipinski definition) is 7. The summed E-state index contributed by atoms with van der Waals surface area (Å²) in [5.74, 6) is -1.04. The maximum atomic E-state index is 12.8. The lowest BCUT2D eigenvalue weighted by molar-refractivity contribution is -0.115. The molecule has 2 aliphatic heterocycles. The van der Waals surface area contributed by atoms with Gasteiger partial charge in [0.25, 0.3) is 0 Å². The first-order chi connectivity index (χ1) is 15.6. The molecule has 160 valence electrons. The Bertz CT molecular complexity index is 1400. The summed E-state index contributed by atoms with van der Waals surface area (Å²) in [7, 11) is 0. The molecule has 0 radical (unpaired) electrons. The summed E-state index contributed by atoms with van der Waals surface area (Å²) in [5.41, 5.74) is 4.26. The fourth-order valence-electron chi connectivity index (χ4n) is 4.30. The Balaban J connectivity index is 1.40. The summed E-state index contributed by atoms with van der Waals surface area (Å²) in [6.45, 7) is 0.673. The smallest absolute Gasteiger partial charge is 0.354 e. The molecule has 10 heteroatoms. The van der Waals surface area contributed by atoms with Gasteiger partial charge in [-0.3, -0.25) is 4.79 Å². The minimum Gasteiger partial charge on any atom is -0.477 e. The zero-order valence-electron chi connectivity index (χ0n) is 16.6. The van der Waals surface area contributed by atoms with E-state index in [0.717, 1.165) is 11.0 Å². The third-order valence-corrected chi connectivity index (χ3v) is 6.47. The van der Waals surface area contributed by atoms with E-state index in [9.17, 15) is 14.7 Å². The van der Waals surface area contributed by atoms with Crippen LogP contribution in [-0.2, 0) is 4.79 Å². The summed E-state index contributed by atoms with van der Waals surface area (Å²) < 4.78 is 6.15. The van der Waals surface area contributed by atoms with E-state index in [1.807, 2.05) is 36.4 Å². The molecule has 0 saturated carbocycles. The highest BCUT2D eigenvalue weighted by atomic mass is 32.2. The van der Waals surface area contributed by atoms with Crippen LogP contribution in [0.15, 0.2) is 68.5 Å². The second kappa shape index (κ2) is 7.14. The number of nitrogens with one attached hydrogen (secondary N) is 4. The number of nitrogens with zero attached hydrogens (tertiary/aromatic N) is 1. The van der Waals surface area contributed by atoms with Crippen molar-refractivity contribution in [1.29, 1.82) is 0 Å². The van der Waals surface area contributed by atoms with E-state index in [1.165, 1.54) is 11.8 Å². The number of fused-ring (bicyclic) bond motifs is 2. The molecule has 1 aromatic carbocycles. The molecule has 2 aliphatic rings. The predicted octanol–water partition coefficient (Wildman–Crippen LogP) is 3.32. The number of benzene rings is 1. The van der Waals surface area contributed by atoms with Crippen molar-refractivity contribution in [3.63, 3.8) is 0 Å². The van der Waals surface area contributed by atoms with E-state index in [0.29, 0.717) is 45.1 Å². The molecule has 4 aromatic rings. The maximum absolute atomic E-state index is 12.8. The first kappa shape index (κ1) is 19.0. The zero-order chi connectivity index (χ0) is 21.8. The third-order valence-electron chi connectivity index (χ3n) is 5.66. The molecule has 6 rings (SSSR count). The maximum Gasteiger partial charge on any atom is 0.354 e. The fourth-order valence-corrected chi connectivity index (χ4v) is 5.06.